The Morgan fingerprint density at radius 3 is 2.41 bits per heavy atom. The van der Waals surface area contributed by atoms with Crippen molar-refractivity contribution in [1.82, 2.24) is 10.6 Å². The summed E-state index contributed by atoms with van der Waals surface area (Å²) in [7, 11) is 0. The SMILES string of the molecule is O=C(NCCCc1ccco1)/C(=C/c1ccco1)NC(=O)c1ccccc1. The van der Waals surface area contributed by atoms with E-state index in [9.17, 15) is 9.59 Å². The van der Waals surface area contributed by atoms with E-state index in [1.54, 1.807) is 42.7 Å². The first-order valence-electron chi connectivity index (χ1n) is 8.64. The molecule has 0 aliphatic heterocycles. The van der Waals surface area contributed by atoms with Gasteiger partial charge in [-0.2, -0.15) is 0 Å². The van der Waals surface area contributed by atoms with E-state index in [-0.39, 0.29) is 17.5 Å². The molecule has 1 aromatic carbocycles. The molecule has 0 radical (unpaired) electrons. The monoisotopic (exact) mass is 364 g/mol. The summed E-state index contributed by atoms with van der Waals surface area (Å²) in [5.74, 6) is 0.603. The van der Waals surface area contributed by atoms with E-state index < -0.39 is 0 Å². The number of benzene rings is 1. The Bertz CT molecular complexity index is 882. The van der Waals surface area contributed by atoms with Crippen molar-refractivity contribution in [1.29, 1.82) is 0 Å². The Balaban J connectivity index is 1.62. The van der Waals surface area contributed by atoms with Gasteiger partial charge in [-0.25, -0.2) is 0 Å². The first kappa shape index (κ1) is 18.3. The normalized spacial score (nSPS) is 11.2. The van der Waals surface area contributed by atoms with Crippen molar-refractivity contribution in [2.75, 3.05) is 6.54 Å². The van der Waals surface area contributed by atoms with Crippen LogP contribution in [0.15, 0.2) is 81.7 Å². The lowest BCUT2D eigenvalue weighted by Crippen LogP contribution is -2.35. The molecule has 2 aromatic heterocycles. The van der Waals surface area contributed by atoms with E-state index in [4.69, 9.17) is 8.83 Å². The molecular weight excluding hydrogens is 344 g/mol. The highest BCUT2D eigenvalue weighted by atomic mass is 16.3. The zero-order valence-electron chi connectivity index (χ0n) is 14.7. The summed E-state index contributed by atoms with van der Waals surface area (Å²) in [6.07, 6.45) is 6.07. The van der Waals surface area contributed by atoms with Crippen LogP contribution in [0.2, 0.25) is 0 Å². The number of rotatable bonds is 8. The standard InChI is InChI=1S/C21H20N2O4/c24-20(16-7-2-1-3-8-16)23-19(15-18-11-6-14-27-18)21(25)22-12-4-9-17-10-5-13-26-17/h1-3,5-8,10-11,13-15H,4,9,12H2,(H,22,25)(H,23,24)/b19-15-. The molecule has 0 saturated heterocycles. The van der Waals surface area contributed by atoms with Crippen molar-refractivity contribution in [3.8, 4) is 0 Å². The lowest BCUT2D eigenvalue weighted by molar-refractivity contribution is -0.117. The van der Waals surface area contributed by atoms with Gasteiger partial charge in [0.2, 0.25) is 0 Å². The maximum absolute atomic E-state index is 12.5. The van der Waals surface area contributed by atoms with Gasteiger partial charge in [0.25, 0.3) is 11.8 Å². The van der Waals surface area contributed by atoms with Gasteiger partial charge in [-0.15, -0.1) is 0 Å². The number of carbonyl (C=O) groups excluding carboxylic acids is 2. The Morgan fingerprint density at radius 1 is 0.926 bits per heavy atom. The number of hydrogen-bond acceptors (Lipinski definition) is 4. The van der Waals surface area contributed by atoms with Gasteiger partial charge < -0.3 is 19.5 Å². The highest BCUT2D eigenvalue weighted by molar-refractivity contribution is 6.05. The summed E-state index contributed by atoms with van der Waals surface area (Å²) >= 11 is 0. The van der Waals surface area contributed by atoms with Crippen LogP contribution in [-0.4, -0.2) is 18.4 Å². The lowest BCUT2D eigenvalue weighted by atomic mass is 10.2. The maximum Gasteiger partial charge on any atom is 0.267 e. The van der Waals surface area contributed by atoms with E-state index in [1.807, 2.05) is 18.2 Å². The summed E-state index contributed by atoms with van der Waals surface area (Å²) < 4.78 is 10.5. The Kier molecular flexibility index (Phi) is 6.25. The van der Waals surface area contributed by atoms with Gasteiger partial charge in [0.15, 0.2) is 0 Å². The molecule has 2 amide bonds. The second kappa shape index (κ2) is 9.24. The van der Waals surface area contributed by atoms with Gasteiger partial charge in [0.1, 0.15) is 17.2 Å². The molecule has 6 heteroatoms. The number of amides is 2. The van der Waals surface area contributed by atoms with Crippen LogP contribution in [0.1, 0.15) is 28.3 Å². The van der Waals surface area contributed by atoms with Gasteiger partial charge in [-0.3, -0.25) is 9.59 Å². The fourth-order valence-corrected chi connectivity index (χ4v) is 2.47. The lowest BCUT2D eigenvalue weighted by Gasteiger charge is -2.10. The molecule has 27 heavy (non-hydrogen) atoms. The molecule has 0 aliphatic carbocycles. The second-order valence-corrected chi connectivity index (χ2v) is 5.83. The zero-order chi connectivity index (χ0) is 18.9. The number of hydrogen-bond donors (Lipinski definition) is 2. The molecule has 2 N–H and O–H groups in total. The van der Waals surface area contributed by atoms with Gasteiger partial charge >= 0.3 is 0 Å². The molecule has 0 fully saturated rings. The van der Waals surface area contributed by atoms with Crippen LogP contribution in [0.3, 0.4) is 0 Å². The number of carbonyl (C=O) groups is 2. The maximum atomic E-state index is 12.5. The minimum Gasteiger partial charge on any atom is -0.469 e. The number of aryl methyl sites for hydroxylation is 1. The summed E-state index contributed by atoms with van der Waals surface area (Å²) in [5, 5.41) is 5.47. The molecule has 0 bridgehead atoms. The molecule has 138 valence electrons. The van der Waals surface area contributed by atoms with Crippen LogP contribution in [0, 0.1) is 0 Å². The van der Waals surface area contributed by atoms with Crippen molar-refractivity contribution in [2.45, 2.75) is 12.8 Å². The zero-order valence-corrected chi connectivity index (χ0v) is 14.7. The molecule has 0 saturated carbocycles. The summed E-state index contributed by atoms with van der Waals surface area (Å²) in [4.78, 5) is 24.9. The Labute approximate surface area is 156 Å². The van der Waals surface area contributed by atoms with E-state index in [1.165, 1.54) is 12.3 Å². The molecule has 6 nitrogen and oxygen atoms in total. The highest BCUT2D eigenvalue weighted by Gasteiger charge is 2.15. The fourth-order valence-electron chi connectivity index (χ4n) is 2.47. The van der Waals surface area contributed by atoms with Crippen LogP contribution >= 0.6 is 0 Å². The fraction of sp³-hybridized carbons (Fsp3) is 0.143. The first-order valence-corrected chi connectivity index (χ1v) is 8.64. The minimum atomic E-state index is -0.380. The van der Waals surface area contributed by atoms with Gasteiger partial charge in [0.05, 0.1) is 12.5 Å². The van der Waals surface area contributed by atoms with E-state index in [2.05, 4.69) is 10.6 Å². The quantitative estimate of drug-likeness (QED) is 0.474. The summed E-state index contributed by atoms with van der Waals surface area (Å²) in [6, 6.07) is 15.9. The first-order chi connectivity index (χ1) is 13.2. The van der Waals surface area contributed by atoms with E-state index >= 15 is 0 Å². The Hall–Kier alpha value is -3.54. The third-order valence-electron chi connectivity index (χ3n) is 3.82. The Morgan fingerprint density at radius 2 is 1.70 bits per heavy atom. The smallest absolute Gasteiger partial charge is 0.267 e. The van der Waals surface area contributed by atoms with Gasteiger partial charge in [-0.05, 0) is 42.8 Å². The van der Waals surface area contributed by atoms with Crippen LogP contribution in [0.25, 0.3) is 6.08 Å². The van der Waals surface area contributed by atoms with Crippen molar-refractivity contribution in [3.63, 3.8) is 0 Å². The number of nitrogens with one attached hydrogen (secondary N) is 2. The van der Waals surface area contributed by atoms with E-state index in [0.717, 1.165) is 18.6 Å². The molecule has 0 aliphatic rings. The van der Waals surface area contributed by atoms with Gasteiger partial charge in [-0.1, -0.05) is 18.2 Å². The second-order valence-electron chi connectivity index (χ2n) is 5.83. The average molecular weight is 364 g/mol. The predicted molar refractivity (Wildman–Crippen MR) is 101 cm³/mol. The van der Waals surface area contributed by atoms with Crippen molar-refractivity contribution in [3.05, 3.63) is 89.9 Å². The van der Waals surface area contributed by atoms with E-state index in [0.29, 0.717) is 17.9 Å². The average Bonchev–Trinajstić information content (AvgIpc) is 3.39. The molecule has 2 heterocycles. The van der Waals surface area contributed by atoms with Crippen molar-refractivity contribution >= 4 is 17.9 Å². The molecule has 3 aromatic rings. The topological polar surface area (TPSA) is 84.5 Å². The molecule has 0 unspecified atom stereocenters. The van der Waals surface area contributed by atoms with Crippen LogP contribution in [0.5, 0.6) is 0 Å². The van der Waals surface area contributed by atoms with Crippen LogP contribution < -0.4 is 10.6 Å². The summed E-state index contributed by atoms with van der Waals surface area (Å²) in [5.41, 5.74) is 0.588. The molecular formula is C21H20N2O4. The minimum absolute atomic E-state index is 0.122. The largest absolute Gasteiger partial charge is 0.469 e. The summed E-state index contributed by atoms with van der Waals surface area (Å²) in [6.45, 7) is 0.455. The highest BCUT2D eigenvalue weighted by Crippen LogP contribution is 2.08. The van der Waals surface area contributed by atoms with Gasteiger partial charge in [0, 0.05) is 24.6 Å². The van der Waals surface area contributed by atoms with Crippen molar-refractivity contribution in [2.24, 2.45) is 0 Å². The third-order valence-corrected chi connectivity index (χ3v) is 3.82. The molecule has 0 spiro atoms. The third kappa shape index (κ3) is 5.47. The number of furan rings is 2. The van der Waals surface area contributed by atoms with Crippen LogP contribution in [-0.2, 0) is 11.2 Å². The van der Waals surface area contributed by atoms with Crippen LogP contribution in [0.4, 0.5) is 0 Å². The molecule has 3 rings (SSSR count). The molecule has 0 atom stereocenters. The predicted octanol–water partition coefficient (Wildman–Crippen LogP) is 3.39. The van der Waals surface area contributed by atoms with Crippen molar-refractivity contribution < 1.29 is 18.4 Å².